The van der Waals surface area contributed by atoms with E-state index in [9.17, 15) is 66.3 Å². The molecule has 0 saturated carbocycles. The Morgan fingerprint density at radius 1 is 0.721 bits per heavy atom. The summed E-state index contributed by atoms with van der Waals surface area (Å²) in [5, 5.41) is 2.71. The highest BCUT2D eigenvalue weighted by atomic mass is 32.2. The summed E-state index contributed by atoms with van der Waals surface area (Å²) in [5.74, 6) is -2.31. The van der Waals surface area contributed by atoms with Gasteiger partial charge in [-0.15, -0.1) is 0 Å². The van der Waals surface area contributed by atoms with Crippen LogP contribution in [0.15, 0.2) is 94.4 Å². The van der Waals surface area contributed by atoms with Gasteiger partial charge >= 0.3 is 0 Å². The molecule has 0 fully saturated rings. The SMILES string of the molecule is COCCN1/C(=C/C=C/C=C/C2=[N+](CCCCCC(=O)NCCN3C(=O)C=CC3=O)c3ccc(S(=O)(=O)O)cc3C2(C)CCCS(=O)(=O)O)C(C)(CCCS(=O)(=O)O)c2cc(S(=O)(=O)O)ccc21. The summed E-state index contributed by atoms with van der Waals surface area (Å²) in [7, 11) is -16.5. The number of carbonyl (C=O) groups is 3. The van der Waals surface area contributed by atoms with E-state index in [1.165, 1.54) is 37.4 Å². The van der Waals surface area contributed by atoms with E-state index in [-0.39, 0.29) is 67.5 Å². The standard InChI is InChI=1S/C44H56N4O16S4/c1-43(21-10-28-65(52,53)54)34-30-32(67(58,59)60)15-17-36(34)46(24-9-5-8-14-40(49)45-23-25-48-41(50)19-20-42(48)51)38(43)12-6-4-7-13-39-44(2,22-11-29-66(55,56)57)35-31-33(68(61,62)63)16-18-37(35)47(39)26-27-64-3/h4,6-7,12-13,15-20,30-31H,5,8-11,14,21-29H2,1-3H3,(H4-,45,49,52,53,54,55,56,57,58,59,60,61,62,63)/p+1. The fraction of sp³-hybridized carbons (Fsp3) is 0.455. The fourth-order valence-electron chi connectivity index (χ4n) is 8.93. The number of allylic oxidation sites excluding steroid dienone is 6. The molecule has 5 N–H and O–H groups in total. The average Bonchev–Trinajstić information content (AvgIpc) is 3.77. The normalized spacial score (nSPS) is 20.5. The maximum atomic E-state index is 12.6. The number of imide groups is 1. The first-order chi connectivity index (χ1) is 31.7. The highest BCUT2D eigenvalue weighted by Gasteiger charge is 2.48. The van der Waals surface area contributed by atoms with Crippen molar-refractivity contribution in [2.24, 2.45) is 0 Å². The van der Waals surface area contributed by atoms with Crippen molar-refractivity contribution in [1.29, 1.82) is 0 Å². The first-order valence-electron chi connectivity index (χ1n) is 21.6. The van der Waals surface area contributed by atoms with Crippen LogP contribution in [0.3, 0.4) is 0 Å². The van der Waals surface area contributed by atoms with Crippen molar-refractivity contribution in [3.8, 4) is 0 Å². The molecule has 372 valence electrons. The summed E-state index contributed by atoms with van der Waals surface area (Å²) in [6.45, 7) is 4.60. The Morgan fingerprint density at radius 3 is 1.90 bits per heavy atom. The molecule has 2 atom stereocenters. The average molecular weight is 1030 g/mol. The van der Waals surface area contributed by atoms with E-state index < -0.39 is 74.6 Å². The number of benzene rings is 2. The van der Waals surface area contributed by atoms with Crippen molar-refractivity contribution in [3.05, 3.63) is 95.8 Å². The minimum Gasteiger partial charge on any atom is -0.383 e. The molecule has 5 rings (SSSR count). The van der Waals surface area contributed by atoms with Gasteiger partial charge in [0.15, 0.2) is 5.71 Å². The van der Waals surface area contributed by atoms with Crippen molar-refractivity contribution < 1.29 is 75.6 Å². The van der Waals surface area contributed by atoms with Gasteiger partial charge in [0.05, 0.1) is 33.3 Å². The summed E-state index contributed by atoms with van der Waals surface area (Å²) in [5.41, 5.74) is 1.26. The Morgan fingerprint density at radius 2 is 1.31 bits per heavy atom. The van der Waals surface area contributed by atoms with Gasteiger partial charge in [-0.25, -0.2) is 0 Å². The molecule has 24 heteroatoms. The van der Waals surface area contributed by atoms with E-state index in [0.717, 1.165) is 17.1 Å². The number of amides is 3. The van der Waals surface area contributed by atoms with Crippen LogP contribution in [-0.2, 0) is 70.4 Å². The monoisotopic (exact) mass is 1030 g/mol. The van der Waals surface area contributed by atoms with Gasteiger partial charge in [0.25, 0.3) is 52.3 Å². The number of hydrogen-bond acceptors (Lipinski definition) is 13. The van der Waals surface area contributed by atoms with Crippen LogP contribution in [0, 0.1) is 0 Å². The molecule has 68 heavy (non-hydrogen) atoms. The largest absolute Gasteiger partial charge is 0.383 e. The number of carbonyl (C=O) groups excluding carboxylic acids is 3. The van der Waals surface area contributed by atoms with Gasteiger partial charge in [-0.2, -0.15) is 38.2 Å². The lowest BCUT2D eigenvalue weighted by Gasteiger charge is -2.30. The van der Waals surface area contributed by atoms with Gasteiger partial charge in [0, 0.05) is 86.2 Å². The van der Waals surface area contributed by atoms with E-state index in [0.29, 0.717) is 66.3 Å². The molecule has 3 heterocycles. The summed E-state index contributed by atoms with van der Waals surface area (Å²) < 4.78 is 143. The number of rotatable bonds is 25. The maximum absolute atomic E-state index is 12.6. The third-order valence-electron chi connectivity index (χ3n) is 12.3. The second kappa shape index (κ2) is 21.8. The van der Waals surface area contributed by atoms with E-state index in [1.54, 1.807) is 50.3 Å². The molecule has 0 saturated heterocycles. The number of methoxy groups -OCH3 is 1. The molecule has 0 aliphatic carbocycles. The first-order valence-corrected chi connectivity index (χ1v) is 27.7. The lowest BCUT2D eigenvalue weighted by Crippen LogP contribution is -2.38. The molecule has 0 bridgehead atoms. The minimum absolute atomic E-state index is 0.00931. The summed E-state index contributed by atoms with van der Waals surface area (Å²) in [6.07, 6.45) is 12.9. The first kappa shape index (κ1) is 54.0. The Labute approximate surface area is 397 Å². The Bertz CT molecular complexity index is 2890. The van der Waals surface area contributed by atoms with Crippen LogP contribution < -0.4 is 10.2 Å². The molecule has 2 aromatic carbocycles. The van der Waals surface area contributed by atoms with Gasteiger partial charge in [-0.3, -0.25) is 37.5 Å². The number of anilines is 1. The Kier molecular flexibility index (Phi) is 17.3. The molecule has 0 spiro atoms. The molecular formula is C44H57N4O16S4+. The number of unbranched alkanes of at least 4 members (excludes halogenated alkanes) is 2. The summed E-state index contributed by atoms with van der Waals surface area (Å²) in [4.78, 5) is 38.3. The van der Waals surface area contributed by atoms with Crippen LogP contribution in [0.4, 0.5) is 11.4 Å². The molecule has 3 aliphatic heterocycles. The quantitative estimate of drug-likeness (QED) is 0.0310. The Hall–Kier alpha value is -4.92. The van der Waals surface area contributed by atoms with Gasteiger partial charge in [0.2, 0.25) is 11.6 Å². The van der Waals surface area contributed by atoms with Crippen LogP contribution in [0.2, 0.25) is 0 Å². The number of hydrogen-bond donors (Lipinski definition) is 5. The molecule has 2 aromatic rings. The van der Waals surface area contributed by atoms with Crippen molar-refractivity contribution in [1.82, 2.24) is 10.2 Å². The van der Waals surface area contributed by atoms with E-state index in [1.807, 2.05) is 9.48 Å². The van der Waals surface area contributed by atoms with E-state index in [2.05, 4.69) is 5.32 Å². The van der Waals surface area contributed by atoms with Crippen LogP contribution >= 0.6 is 0 Å². The molecule has 0 aromatic heterocycles. The lowest BCUT2D eigenvalue weighted by atomic mass is 9.76. The predicted molar refractivity (Wildman–Crippen MR) is 251 cm³/mol. The van der Waals surface area contributed by atoms with Crippen LogP contribution in [0.1, 0.15) is 76.3 Å². The van der Waals surface area contributed by atoms with E-state index >= 15 is 0 Å². The van der Waals surface area contributed by atoms with Gasteiger partial charge < -0.3 is 15.0 Å². The van der Waals surface area contributed by atoms with Crippen molar-refractivity contribution in [2.75, 3.05) is 56.3 Å². The van der Waals surface area contributed by atoms with Gasteiger partial charge in [0.1, 0.15) is 6.54 Å². The molecule has 3 aliphatic rings. The molecule has 3 amide bonds. The van der Waals surface area contributed by atoms with Crippen molar-refractivity contribution in [3.63, 3.8) is 0 Å². The fourth-order valence-corrected chi connectivity index (χ4v) is 11.0. The molecule has 20 nitrogen and oxygen atoms in total. The number of ether oxygens (including phenoxy) is 1. The number of fused-ring (bicyclic) bond motifs is 2. The van der Waals surface area contributed by atoms with Crippen molar-refractivity contribution in [2.45, 2.75) is 85.8 Å². The van der Waals surface area contributed by atoms with Crippen molar-refractivity contribution >= 4 is 75.3 Å². The van der Waals surface area contributed by atoms with Crippen LogP contribution in [-0.4, -0.2) is 136 Å². The second-order valence-corrected chi connectivity index (χ2v) is 23.0. The van der Waals surface area contributed by atoms with Crippen LogP contribution in [0.25, 0.3) is 0 Å². The highest BCUT2D eigenvalue weighted by molar-refractivity contribution is 7.86. The number of nitrogens with zero attached hydrogens (tertiary/aromatic N) is 3. The van der Waals surface area contributed by atoms with Gasteiger partial charge in [-0.1, -0.05) is 18.2 Å². The lowest BCUT2D eigenvalue weighted by molar-refractivity contribution is -0.438. The highest BCUT2D eigenvalue weighted by Crippen LogP contribution is 2.51. The molecule has 2 unspecified atom stereocenters. The summed E-state index contributed by atoms with van der Waals surface area (Å²) >= 11 is 0. The number of nitrogens with one attached hydrogen (secondary N) is 1. The maximum Gasteiger partial charge on any atom is 0.294 e. The zero-order valence-electron chi connectivity index (χ0n) is 37.8. The smallest absolute Gasteiger partial charge is 0.294 e. The molecule has 0 radical (unpaired) electrons. The summed E-state index contributed by atoms with van der Waals surface area (Å²) in [6, 6.07) is 8.25. The Balaban J connectivity index is 1.48. The third-order valence-corrected chi connectivity index (χ3v) is 15.6. The minimum atomic E-state index is -4.67. The third kappa shape index (κ3) is 13.4. The van der Waals surface area contributed by atoms with Crippen LogP contribution in [0.5, 0.6) is 0 Å². The van der Waals surface area contributed by atoms with Gasteiger partial charge in [-0.05, 0) is 94.3 Å². The zero-order chi connectivity index (χ0) is 50.3. The second-order valence-electron chi connectivity index (χ2n) is 17.1. The van der Waals surface area contributed by atoms with E-state index in [4.69, 9.17) is 4.74 Å². The topological polar surface area (TPSA) is 299 Å². The zero-order valence-corrected chi connectivity index (χ0v) is 41.0. The predicted octanol–water partition coefficient (Wildman–Crippen LogP) is 3.89. The molecular weight excluding hydrogens is 969 g/mol.